The maximum atomic E-state index is 4.48. The van der Waals surface area contributed by atoms with Crippen molar-refractivity contribution in [3.05, 3.63) is 48.0 Å². The monoisotopic (exact) mass is 266 g/mol. The van der Waals surface area contributed by atoms with Gasteiger partial charge in [0.25, 0.3) is 0 Å². The minimum absolute atomic E-state index is 0.0255. The van der Waals surface area contributed by atoms with Crippen molar-refractivity contribution >= 4 is 11.0 Å². The van der Waals surface area contributed by atoms with Gasteiger partial charge in [-0.2, -0.15) is 5.10 Å². The molecule has 3 aromatic rings. The Labute approximate surface area is 118 Å². The van der Waals surface area contributed by atoms with Gasteiger partial charge in [0.2, 0.25) is 0 Å². The molecule has 2 heterocycles. The number of fused-ring (bicyclic) bond motifs is 1. The maximum Gasteiger partial charge on any atom is 0.166 e. The highest BCUT2D eigenvalue weighted by molar-refractivity contribution is 5.79. The highest BCUT2D eigenvalue weighted by Crippen LogP contribution is 2.27. The lowest BCUT2D eigenvalue weighted by molar-refractivity contribution is 0.574. The predicted octanol–water partition coefficient (Wildman–Crippen LogP) is 3.42. The molecule has 0 aliphatic carbocycles. The van der Waals surface area contributed by atoms with Crippen molar-refractivity contribution in [2.75, 3.05) is 0 Å². The molecule has 4 heteroatoms. The van der Waals surface area contributed by atoms with E-state index in [2.05, 4.69) is 67.0 Å². The molecular weight excluding hydrogens is 248 g/mol. The summed E-state index contributed by atoms with van der Waals surface area (Å²) in [4.78, 5) is 8.84. The molecule has 1 aromatic carbocycles. The molecule has 0 atom stereocenters. The van der Waals surface area contributed by atoms with Crippen LogP contribution in [-0.4, -0.2) is 19.7 Å². The normalized spacial score (nSPS) is 12.0. The number of hydrogen-bond donors (Lipinski definition) is 0. The van der Waals surface area contributed by atoms with Crippen molar-refractivity contribution in [3.63, 3.8) is 0 Å². The van der Waals surface area contributed by atoms with Crippen LogP contribution in [-0.2, 0) is 5.41 Å². The molecule has 0 fully saturated rings. The molecule has 4 nitrogen and oxygen atoms in total. The Morgan fingerprint density at radius 3 is 2.35 bits per heavy atom. The lowest BCUT2D eigenvalue weighted by Gasteiger charge is -2.17. The standard InChI is InChI=1S/C16H18N4/c1-11-5-7-12(8-6-11)20-15-13(9-19-20)14(16(2,3)4)17-10-18-15/h5-10H,1-4H3. The van der Waals surface area contributed by atoms with Crippen molar-refractivity contribution in [1.29, 1.82) is 0 Å². The smallest absolute Gasteiger partial charge is 0.166 e. The number of benzene rings is 1. The van der Waals surface area contributed by atoms with Gasteiger partial charge >= 0.3 is 0 Å². The molecule has 0 bridgehead atoms. The zero-order valence-electron chi connectivity index (χ0n) is 12.3. The van der Waals surface area contributed by atoms with Gasteiger partial charge < -0.3 is 0 Å². The number of hydrogen-bond acceptors (Lipinski definition) is 3. The fraction of sp³-hybridized carbons (Fsp3) is 0.312. The Balaban J connectivity index is 2.22. The molecule has 0 saturated heterocycles. The molecule has 0 N–H and O–H groups in total. The van der Waals surface area contributed by atoms with Crippen molar-refractivity contribution < 1.29 is 0 Å². The van der Waals surface area contributed by atoms with Gasteiger partial charge in [-0.3, -0.25) is 0 Å². The van der Waals surface area contributed by atoms with Crippen LogP contribution in [0, 0.1) is 6.92 Å². The van der Waals surface area contributed by atoms with Gasteiger partial charge in [0.1, 0.15) is 6.33 Å². The van der Waals surface area contributed by atoms with E-state index >= 15 is 0 Å². The van der Waals surface area contributed by atoms with E-state index in [1.54, 1.807) is 6.33 Å². The largest absolute Gasteiger partial charge is 0.240 e. The third kappa shape index (κ3) is 2.07. The van der Waals surface area contributed by atoms with Crippen LogP contribution in [0.25, 0.3) is 16.7 Å². The van der Waals surface area contributed by atoms with Crippen LogP contribution in [0.5, 0.6) is 0 Å². The fourth-order valence-corrected chi connectivity index (χ4v) is 2.32. The third-order valence-corrected chi connectivity index (χ3v) is 3.35. The molecule has 0 aliphatic heterocycles. The predicted molar refractivity (Wildman–Crippen MR) is 80.1 cm³/mol. The molecule has 2 aromatic heterocycles. The summed E-state index contributed by atoms with van der Waals surface area (Å²) in [5, 5.41) is 5.50. The minimum Gasteiger partial charge on any atom is -0.240 e. The van der Waals surface area contributed by atoms with Crippen molar-refractivity contribution in [2.45, 2.75) is 33.1 Å². The summed E-state index contributed by atoms with van der Waals surface area (Å²) in [6.45, 7) is 8.53. The van der Waals surface area contributed by atoms with Crippen molar-refractivity contribution in [2.24, 2.45) is 0 Å². The topological polar surface area (TPSA) is 43.6 Å². The van der Waals surface area contributed by atoms with E-state index in [4.69, 9.17) is 0 Å². The molecule has 0 unspecified atom stereocenters. The highest BCUT2D eigenvalue weighted by atomic mass is 15.3. The summed E-state index contributed by atoms with van der Waals surface area (Å²) in [7, 11) is 0. The first-order valence-corrected chi connectivity index (χ1v) is 6.73. The van der Waals surface area contributed by atoms with Crippen LogP contribution < -0.4 is 0 Å². The molecule has 20 heavy (non-hydrogen) atoms. The Bertz CT molecular complexity index is 748. The Morgan fingerprint density at radius 1 is 1.00 bits per heavy atom. The first kappa shape index (κ1) is 12.8. The van der Waals surface area contributed by atoms with Gasteiger partial charge in [0.15, 0.2) is 5.65 Å². The fourth-order valence-electron chi connectivity index (χ4n) is 2.32. The number of aryl methyl sites for hydroxylation is 1. The summed E-state index contributed by atoms with van der Waals surface area (Å²) in [5.41, 5.74) is 4.11. The summed E-state index contributed by atoms with van der Waals surface area (Å²) in [6, 6.07) is 8.27. The van der Waals surface area contributed by atoms with E-state index in [9.17, 15) is 0 Å². The number of rotatable bonds is 1. The Hall–Kier alpha value is -2.23. The second kappa shape index (κ2) is 4.40. The van der Waals surface area contributed by atoms with E-state index in [1.165, 1.54) is 5.56 Å². The molecule has 0 saturated carbocycles. The van der Waals surface area contributed by atoms with E-state index in [0.717, 1.165) is 22.4 Å². The quantitative estimate of drug-likeness (QED) is 0.678. The maximum absolute atomic E-state index is 4.48. The molecule has 102 valence electrons. The summed E-state index contributed by atoms with van der Waals surface area (Å²) in [6.07, 6.45) is 3.48. The molecule has 0 aliphatic rings. The molecule has 0 amide bonds. The second-order valence-corrected chi connectivity index (χ2v) is 6.10. The van der Waals surface area contributed by atoms with Crippen LogP contribution in [0.1, 0.15) is 32.0 Å². The molecule has 0 radical (unpaired) electrons. The minimum atomic E-state index is -0.0255. The van der Waals surface area contributed by atoms with E-state index in [-0.39, 0.29) is 5.41 Å². The average molecular weight is 266 g/mol. The van der Waals surface area contributed by atoms with E-state index in [0.29, 0.717) is 0 Å². The zero-order chi connectivity index (χ0) is 14.3. The number of aromatic nitrogens is 4. The van der Waals surface area contributed by atoms with Crippen molar-refractivity contribution in [3.8, 4) is 5.69 Å². The summed E-state index contributed by atoms with van der Waals surface area (Å²) >= 11 is 0. The van der Waals surface area contributed by atoms with Gasteiger partial charge in [-0.1, -0.05) is 38.5 Å². The number of nitrogens with zero attached hydrogens (tertiary/aromatic N) is 4. The van der Waals surface area contributed by atoms with Gasteiger partial charge in [-0.25, -0.2) is 14.6 Å². The molecular formula is C16H18N4. The lowest BCUT2D eigenvalue weighted by Crippen LogP contribution is -2.14. The lowest BCUT2D eigenvalue weighted by atomic mass is 9.90. The Kier molecular flexibility index (Phi) is 2.82. The Morgan fingerprint density at radius 2 is 1.70 bits per heavy atom. The highest BCUT2D eigenvalue weighted by Gasteiger charge is 2.21. The molecule has 3 rings (SSSR count). The van der Waals surface area contributed by atoms with Gasteiger partial charge in [0.05, 0.1) is 23.0 Å². The van der Waals surface area contributed by atoms with Crippen LogP contribution in [0.15, 0.2) is 36.8 Å². The second-order valence-electron chi connectivity index (χ2n) is 6.10. The SMILES string of the molecule is Cc1ccc(-n2ncc3c(C(C)(C)C)ncnc32)cc1. The average Bonchev–Trinajstić information content (AvgIpc) is 2.82. The first-order chi connectivity index (χ1) is 9.47. The van der Waals surface area contributed by atoms with Gasteiger partial charge in [-0.15, -0.1) is 0 Å². The van der Waals surface area contributed by atoms with Crippen LogP contribution in [0.3, 0.4) is 0 Å². The van der Waals surface area contributed by atoms with Crippen LogP contribution in [0.2, 0.25) is 0 Å². The van der Waals surface area contributed by atoms with Crippen LogP contribution in [0.4, 0.5) is 0 Å². The zero-order valence-corrected chi connectivity index (χ0v) is 12.3. The first-order valence-electron chi connectivity index (χ1n) is 6.73. The van der Waals surface area contributed by atoms with Crippen molar-refractivity contribution in [1.82, 2.24) is 19.7 Å². The van der Waals surface area contributed by atoms with Crippen LogP contribution >= 0.6 is 0 Å². The third-order valence-electron chi connectivity index (χ3n) is 3.35. The van der Waals surface area contributed by atoms with E-state index in [1.807, 2.05) is 10.9 Å². The van der Waals surface area contributed by atoms with Gasteiger partial charge in [0, 0.05) is 5.41 Å². The summed E-state index contributed by atoms with van der Waals surface area (Å²) in [5.74, 6) is 0. The summed E-state index contributed by atoms with van der Waals surface area (Å²) < 4.78 is 1.87. The van der Waals surface area contributed by atoms with Gasteiger partial charge in [-0.05, 0) is 19.1 Å². The van der Waals surface area contributed by atoms with E-state index < -0.39 is 0 Å². The molecule has 0 spiro atoms.